The van der Waals surface area contributed by atoms with Gasteiger partial charge in [0.25, 0.3) is 0 Å². The maximum atomic E-state index is 12.2. The maximum absolute atomic E-state index is 12.2. The smallest absolute Gasteiger partial charge is 0.234 e. The highest BCUT2D eigenvalue weighted by molar-refractivity contribution is 7.09. The Morgan fingerprint density at radius 3 is 2.70 bits per heavy atom. The molecule has 1 amide bonds. The number of nitrogens with zero attached hydrogens (tertiary/aromatic N) is 4. The number of para-hydroxylation sites is 2. The lowest BCUT2D eigenvalue weighted by Crippen LogP contribution is -2.50. The number of carbonyl (C=O) groups excluding carboxylic acids is 1. The number of thiophene rings is 1. The van der Waals surface area contributed by atoms with Crippen molar-refractivity contribution in [3.05, 3.63) is 46.7 Å². The number of anilines is 1. The van der Waals surface area contributed by atoms with E-state index in [9.17, 15) is 4.79 Å². The van der Waals surface area contributed by atoms with E-state index in [4.69, 9.17) is 4.98 Å². The molecule has 1 N–H and O–H groups in total. The lowest BCUT2D eigenvalue weighted by atomic mass is 10.3. The molecule has 0 aliphatic carbocycles. The normalized spacial score (nSPS) is 15.4. The van der Waals surface area contributed by atoms with E-state index in [0.717, 1.165) is 44.2 Å². The lowest BCUT2D eigenvalue weighted by molar-refractivity contribution is -0.122. The molecule has 1 aliphatic heterocycles. The first-order valence-corrected chi connectivity index (χ1v) is 10.3. The molecule has 1 fully saturated rings. The number of hydrogen-bond donors (Lipinski definition) is 1. The number of imidazole rings is 1. The minimum Gasteiger partial charge on any atom is -0.350 e. The highest BCUT2D eigenvalue weighted by atomic mass is 32.1. The zero-order chi connectivity index (χ0) is 18.6. The van der Waals surface area contributed by atoms with Crippen LogP contribution < -0.4 is 10.2 Å². The summed E-state index contributed by atoms with van der Waals surface area (Å²) in [6, 6.07) is 12.3. The van der Waals surface area contributed by atoms with E-state index in [-0.39, 0.29) is 5.91 Å². The zero-order valence-corrected chi connectivity index (χ0v) is 16.4. The van der Waals surface area contributed by atoms with Gasteiger partial charge in [-0.05, 0) is 30.5 Å². The third-order valence-electron chi connectivity index (χ3n) is 5.01. The summed E-state index contributed by atoms with van der Waals surface area (Å²) >= 11 is 1.67. The van der Waals surface area contributed by atoms with E-state index in [2.05, 4.69) is 44.8 Å². The number of hydrogen-bond acceptors (Lipinski definition) is 5. The molecule has 6 nitrogen and oxygen atoms in total. The van der Waals surface area contributed by atoms with Gasteiger partial charge in [0, 0.05) is 37.6 Å². The number of aromatic nitrogens is 2. The topological polar surface area (TPSA) is 53.4 Å². The van der Waals surface area contributed by atoms with Crippen LogP contribution >= 0.6 is 11.3 Å². The summed E-state index contributed by atoms with van der Waals surface area (Å²) in [5.74, 6) is 1.14. The van der Waals surface area contributed by atoms with Crippen LogP contribution in [0.25, 0.3) is 11.0 Å². The summed E-state index contributed by atoms with van der Waals surface area (Å²) in [7, 11) is 0. The standard InChI is InChI=1S/C20H25N5OS/c1-2-25-18-8-4-3-7-17(18)22-20(25)24-11-9-23(10-12-24)15-19(26)21-14-16-6-5-13-27-16/h3-8,13H,2,9-12,14-15H2,1H3,(H,21,26). The molecule has 7 heteroatoms. The van der Waals surface area contributed by atoms with E-state index in [1.807, 2.05) is 23.6 Å². The zero-order valence-electron chi connectivity index (χ0n) is 15.6. The average molecular weight is 384 g/mol. The summed E-state index contributed by atoms with van der Waals surface area (Å²) in [6.07, 6.45) is 0. The van der Waals surface area contributed by atoms with Crippen molar-refractivity contribution >= 4 is 34.2 Å². The van der Waals surface area contributed by atoms with E-state index < -0.39 is 0 Å². The SMILES string of the molecule is CCn1c(N2CCN(CC(=O)NCc3cccs3)CC2)nc2ccccc21. The maximum Gasteiger partial charge on any atom is 0.234 e. The molecule has 0 atom stereocenters. The van der Waals surface area contributed by atoms with Crippen molar-refractivity contribution in [1.29, 1.82) is 0 Å². The van der Waals surface area contributed by atoms with Crippen LogP contribution in [-0.2, 0) is 17.9 Å². The predicted octanol–water partition coefficient (Wildman–Crippen LogP) is 2.56. The second kappa shape index (κ2) is 8.10. The molecule has 2 aromatic heterocycles. The largest absolute Gasteiger partial charge is 0.350 e. The van der Waals surface area contributed by atoms with Gasteiger partial charge in [0.2, 0.25) is 11.9 Å². The van der Waals surface area contributed by atoms with Gasteiger partial charge in [-0.25, -0.2) is 4.98 Å². The van der Waals surface area contributed by atoms with E-state index >= 15 is 0 Å². The molecule has 1 aliphatic rings. The number of aryl methyl sites for hydroxylation is 1. The van der Waals surface area contributed by atoms with Gasteiger partial charge in [0.1, 0.15) is 0 Å². The van der Waals surface area contributed by atoms with Crippen molar-refractivity contribution in [1.82, 2.24) is 19.8 Å². The van der Waals surface area contributed by atoms with Gasteiger partial charge in [-0.1, -0.05) is 18.2 Å². The third-order valence-corrected chi connectivity index (χ3v) is 5.89. The third kappa shape index (κ3) is 3.99. The predicted molar refractivity (Wildman–Crippen MR) is 110 cm³/mol. The summed E-state index contributed by atoms with van der Waals surface area (Å²) in [6.45, 7) is 7.68. The van der Waals surface area contributed by atoms with Crippen molar-refractivity contribution < 1.29 is 4.79 Å². The quantitative estimate of drug-likeness (QED) is 0.711. The summed E-state index contributed by atoms with van der Waals surface area (Å²) < 4.78 is 2.28. The molecule has 27 heavy (non-hydrogen) atoms. The number of piperazine rings is 1. The van der Waals surface area contributed by atoms with Gasteiger partial charge in [0.05, 0.1) is 24.1 Å². The molecular weight excluding hydrogens is 358 g/mol. The molecule has 1 saturated heterocycles. The van der Waals surface area contributed by atoms with E-state index in [1.54, 1.807) is 11.3 Å². The van der Waals surface area contributed by atoms with Crippen LogP contribution in [0.15, 0.2) is 41.8 Å². The summed E-state index contributed by atoms with van der Waals surface area (Å²) in [5, 5.41) is 5.04. The van der Waals surface area contributed by atoms with E-state index in [1.165, 1.54) is 10.4 Å². The summed E-state index contributed by atoms with van der Waals surface area (Å²) in [5.41, 5.74) is 2.23. The van der Waals surface area contributed by atoms with Crippen LogP contribution in [-0.4, -0.2) is 53.1 Å². The number of fused-ring (bicyclic) bond motifs is 1. The lowest BCUT2D eigenvalue weighted by Gasteiger charge is -2.35. The van der Waals surface area contributed by atoms with Gasteiger partial charge in [-0.3, -0.25) is 9.69 Å². The average Bonchev–Trinajstić information content (AvgIpc) is 3.34. The number of rotatable bonds is 6. The van der Waals surface area contributed by atoms with Gasteiger partial charge >= 0.3 is 0 Å². The number of carbonyl (C=O) groups is 1. The Morgan fingerprint density at radius 1 is 1.15 bits per heavy atom. The molecule has 1 aromatic carbocycles. The Kier molecular flexibility index (Phi) is 5.40. The molecule has 142 valence electrons. The molecule has 0 bridgehead atoms. The molecule has 0 saturated carbocycles. The fraction of sp³-hybridized carbons (Fsp3) is 0.400. The van der Waals surface area contributed by atoms with Crippen molar-refractivity contribution in [3.63, 3.8) is 0 Å². The van der Waals surface area contributed by atoms with Crippen LogP contribution in [0.5, 0.6) is 0 Å². The molecule has 3 heterocycles. The molecule has 0 radical (unpaired) electrons. The van der Waals surface area contributed by atoms with Crippen LogP contribution in [0.4, 0.5) is 5.95 Å². The minimum absolute atomic E-state index is 0.0950. The Hall–Kier alpha value is -2.38. The summed E-state index contributed by atoms with van der Waals surface area (Å²) in [4.78, 5) is 22.8. The van der Waals surface area contributed by atoms with Gasteiger partial charge < -0.3 is 14.8 Å². The first kappa shape index (κ1) is 18.0. The van der Waals surface area contributed by atoms with Crippen molar-refractivity contribution in [2.75, 3.05) is 37.6 Å². The number of nitrogens with one attached hydrogen (secondary N) is 1. The Bertz CT molecular complexity index is 896. The molecule has 0 unspecified atom stereocenters. The monoisotopic (exact) mass is 383 g/mol. The molecule has 3 aromatic rings. The first-order chi connectivity index (χ1) is 13.2. The van der Waals surface area contributed by atoms with Crippen molar-refractivity contribution in [2.45, 2.75) is 20.0 Å². The Morgan fingerprint density at radius 2 is 1.96 bits per heavy atom. The minimum atomic E-state index is 0.0950. The molecule has 4 rings (SSSR count). The Labute approximate surface area is 163 Å². The van der Waals surface area contributed by atoms with Crippen LogP contribution in [0.3, 0.4) is 0 Å². The molecular formula is C20H25N5OS. The fourth-order valence-corrected chi connectivity index (χ4v) is 4.22. The van der Waals surface area contributed by atoms with Crippen molar-refractivity contribution in [2.24, 2.45) is 0 Å². The second-order valence-corrected chi connectivity index (χ2v) is 7.80. The first-order valence-electron chi connectivity index (χ1n) is 9.46. The van der Waals surface area contributed by atoms with Crippen molar-refractivity contribution in [3.8, 4) is 0 Å². The van der Waals surface area contributed by atoms with Gasteiger partial charge in [0.15, 0.2) is 0 Å². The number of amides is 1. The molecule has 0 spiro atoms. The van der Waals surface area contributed by atoms with Gasteiger partial charge in [-0.2, -0.15) is 0 Å². The second-order valence-electron chi connectivity index (χ2n) is 6.76. The Balaban J connectivity index is 1.33. The van der Waals surface area contributed by atoms with Crippen LogP contribution in [0.2, 0.25) is 0 Å². The van der Waals surface area contributed by atoms with Crippen LogP contribution in [0, 0.1) is 0 Å². The van der Waals surface area contributed by atoms with Crippen LogP contribution in [0.1, 0.15) is 11.8 Å². The fourth-order valence-electron chi connectivity index (χ4n) is 3.58. The highest BCUT2D eigenvalue weighted by Gasteiger charge is 2.23. The van der Waals surface area contributed by atoms with E-state index in [0.29, 0.717) is 13.1 Å². The number of benzene rings is 1. The van der Waals surface area contributed by atoms with Gasteiger partial charge in [-0.15, -0.1) is 11.3 Å². The highest BCUT2D eigenvalue weighted by Crippen LogP contribution is 2.23.